The molecule has 0 aromatic heterocycles. The van der Waals surface area contributed by atoms with Crippen LogP contribution in [0, 0.1) is 12.8 Å². The van der Waals surface area contributed by atoms with Crippen LogP contribution in [-0.2, 0) is 4.74 Å². The molecular weight excluding hydrogens is 378 g/mol. The third-order valence-electron chi connectivity index (χ3n) is 5.34. The third-order valence-corrected chi connectivity index (χ3v) is 5.83. The number of hydrogen-bond donors (Lipinski definition) is 1. The first-order chi connectivity index (χ1) is 12.1. The molecule has 0 radical (unpaired) electrons. The lowest BCUT2D eigenvalue weighted by Gasteiger charge is -2.39. The predicted octanol–water partition coefficient (Wildman–Crippen LogP) is 5.37. The maximum absolute atomic E-state index is 12.3. The normalized spacial score (nSPS) is 23.6. The third kappa shape index (κ3) is 2.69. The van der Waals surface area contributed by atoms with E-state index in [-0.39, 0.29) is 17.9 Å². The number of ether oxygens (including phenoxy) is 1. The Balaban J connectivity index is 1.87. The number of halogens is 1. The van der Waals surface area contributed by atoms with E-state index in [2.05, 4.69) is 58.5 Å². The number of carbonyl (C=O) groups excluding carboxylic acids is 1. The number of allylic oxidation sites excluding steroid dienone is 2. The van der Waals surface area contributed by atoms with Crippen molar-refractivity contribution >= 4 is 27.6 Å². The van der Waals surface area contributed by atoms with Gasteiger partial charge in [-0.1, -0.05) is 46.3 Å². The zero-order chi connectivity index (χ0) is 17.6. The largest absolute Gasteiger partial charge is 0.465 e. The zero-order valence-corrected chi connectivity index (χ0v) is 15.8. The molecule has 0 fully saturated rings. The Morgan fingerprint density at radius 2 is 2.12 bits per heavy atom. The van der Waals surface area contributed by atoms with Crippen molar-refractivity contribution in [3.05, 3.63) is 75.3 Å². The van der Waals surface area contributed by atoms with Gasteiger partial charge in [0.15, 0.2) is 0 Å². The molecule has 25 heavy (non-hydrogen) atoms. The van der Waals surface area contributed by atoms with Crippen molar-refractivity contribution in [2.24, 2.45) is 5.92 Å². The molecule has 1 aliphatic heterocycles. The summed E-state index contributed by atoms with van der Waals surface area (Å²) in [6.45, 7) is 2.09. The quantitative estimate of drug-likeness (QED) is 0.546. The maximum atomic E-state index is 12.3. The number of nitrogens with one attached hydrogen (secondary N) is 1. The first kappa shape index (κ1) is 16.4. The summed E-state index contributed by atoms with van der Waals surface area (Å²) in [5.74, 6) is 0.360. The van der Waals surface area contributed by atoms with E-state index in [0.29, 0.717) is 11.5 Å². The summed E-state index contributed by atoms with van der Waals surface area (Å²) < 4.78 is 6.10. The maximum Gasteiger partial charge on any atom is 0.338 e. The van der Waals surface area contributed by atoms with Crippen LogP contribution in [-0.4, -0.2) is 13.1 Å². The highest BCUT2D eigenvalue weighted by atomic mass is 79.9. The Morgan fingerprint density at radius 3 is 2.88 bits per heavy atom. The number of esters is 1. The number of rotatable bonds is 2. The molecule has 2 aliphatic rings. The molecule has 1 aliphatic carbocycles. The van der Waals surface area contributed by atoms with Crippen molar-refractivity contribution in [2.45, 2.75) is 25.3 Å². The summed E-state index contributed by atoms with van der Waals surface area (Å²) in [4.78, 5) is 12.3. The molecule has 2 aromatic carbocycles. The number of benzene rings is 2. The van der Waals surface area contributed by atoms with Gasteiger partial charge in [-0.05, 0) is 54.2 Å². The van der Waals surface area contributed by atoms with Gasteiger partial charge in [0.1, 0.15) is 0 Å². The number of aryl methyl sites for hydroxylation is 1. The second-order valence-electron chi connectivity index (χ2n) is 6.74. The van der Waals surface area contributed by atoms with Crippen LogP contribution in [0.1, 0.15) is 45.4 Å². The van der Waals surface area contributed by atoms with Crippen molar-refractivity contribution in [3.63, 3.8) is 0 Å². The van der Waals surface area contributed by atoms with Crippen molar-refractivity contribution in [1.82, 2.24) is 0 Å². The summed E-state index contributed by atoms with van der Waals surface area (Å²) in [5.41, 5.74) is 5.24. The Bertz CT molecular complexity index is 874. The van der Waals surface area contributed by atoms with Gasteiger partial charge in [-0.25, -0.2) is 4.79 Å². The lowest BCUT2D eigenvalue weighted by atomic mass is 9.75. The van der Waals surface area contributed by atoms with Gasteiger partial charge in [-0.2, -0.15) is 0 Å². The molecule has 3 unspecified atom stereocenters. The highest BCUT2D eigenvalue weighted by Crippen LogP contribution is 2.51. The summed E-state index contributed by atoms with van der Waals surface area (Å²) in [6.07, 6.45) is 5.49. The van der Waals surface area contributed by atoms with E-state index in [1.54, 1.807) is 0 Å². The van der Waals surface area contributed by atoms with E-state index < -0.39 is 0 Å². The smallest absolute Gasteiger partial charge is 0.338 e. The van der Waals surface area contributed by atoms with Crippen LogP contribution < -0.4 is 5.32 Å². The molecule has 0 saturated carbocycles. The number of hydrogen-bond acceptors (Lipinski definition) is 3. The van der Waals surface area contributed by atoms with Crippen molar-refractivity contribution in [2.75, 3.05) is 12.4 Å². The molecule has 0 saturated heterocycles. The summed E-state index contributed by atoms with van der Waals surface area (Å²) in [7, 11) is 1.44. The topological polar surface area (TPSA) is 38.3 Å². The molecule has 0 amide bonds. The molecule has 2 aromatic rings. The predicted molar refractivity (Wildman–Crippen MR) is 103 cm³/mol. The average Bonchev–Trinajstić information content (AvgIpc) is 3.10. The Labute approximate surface area is 156 Å². The number of methoxy groups -OCH3 is 1. The van der Waals surface area contributed by atoms with E-state index in [9.17, 15) is 4.79 Å². The lowest BCUT2D eigenvalue weighted by Crippen LogP contribution is -2.31. The van der Waals surface area contributed by atoms with Gasteiger partial charge in [-0.3, -0.25) is 0 Å². The van der Waals surface area contributed by atoms with Crippen molar-refractivity contribution < 1.29 is 9.53 Å². The van der Waals surface area contributed by atoms with Crippen LogP contribution >= 0.6 is 15.9 Å². The number of anilines is 1. The molecular formula is C21H20BrNO2. The van der Waals surface area contributed by atoms with E-state index in [0.717, 1.165) is 27.7 Å². The SMILES string of the molecule is COC(=O)c1ccc(C)c2c1C1C=CCC1C(c1cccc(Br)c1)N2. The molecule has 3 atom stereocenters. The van der Waals surface area contributed by atoms with Crippen LogP contribution in [0.25, 0.3) is 0 Å². The van der Waals surface area contributed by atoms with Gasteiger partial charge in [-0.15, -0.1) is 0 Å². The van der Waals surface area contributed by atoms with Gasteiger partial charge in [0, 0.05) is 16.1 Å². The van der Waals surface area contributed by atoms with Gasteiger partial charge < -0.3 is 10.1 Å². The highest BCUT2D eigenvalue weighted by molar-refractivity contribution is 9.10. The van der Waals surface area contributed by atoms with Crippen LogP contribution in [0.5, 0.6) is 0 Å². The second kappa shape index (κ2) is 6.34. The van der Waals surface area contributed by atoms with Crippen LogP contribution in [0.4, 0.5) is 5.69 Å². The minimum atomic E-state index is -0.266. The minimum absolute atomic E-state index is 0.219. The summed E-state index contributed by atoms with van der Waals surface area (Å²) >= 11 is 3.58. The number of carbonyl (C=O) groups is 1. The summed E-state index contributed by atoms with van der Waals surface area (Å²) in [5, 5.41) is 3.73. The molecule has 0 spiro atoms. The standard InChI is InChI=1S/C21H20BrNO2/c1-12-9-10-17(21(24)25-2)18-15-7-4-8-16(15)20(23-19(12)18)13-5-3-6-14(22)11-13/h3-7,9-11,15-16,20,23H,8H2,1-2H3. The highest BCUT2D eigenvalue weighted by Gasteiger charge is 2.40. The number of fused-ring (bicyclic) bond motifs is 3. The van der Waals surface area contributed by atoms with E-state index in [1.807, 2.05) is 18.2 Å². The van der Waals surface area contributed by atoms with Gasteiger partial charge in [0.2, 0.25) is 0 Å². The van der Waals surface area contributed by atoms with Gasteiger partial charge in [0.25, 0.3) is 0 Å². The lowest BCUT2D eigenvalue weighted by molar-refractivity contribution is 0.0598. The van der Waals surface area contributed by atoms with Gasteiger partial charge >= 0.3 is 5.97 Å². The monoisotopic (exact) mass is 397 g/mol. The van der Waals surface area contributed by atoms with Crippen LogP contribution in [0.15, 0.2) is 53.0 Å². The average molecular weight is 398 g/mol. The zero-order valence-electron chi connectivity index (χ0n) is 14.3. The fourth-order valence-corrected chi connectivity index (χ4v) is 4.59. The Kier molecular flexibility index (Phi) is 4.16. The van der Waals surface area contributed by atoms with Crippen molar-refractivity contribution in [3.8, 4) is 0 Å². The fourth-order valence-electron chi connectivity index (χ4n) is 4.17. The van der Waals surface area contributed by atoms with Crippen LogP contribution in [0.2, 0.25) is 0 Å². The molecule has 1 heterocycles. The first-order valence-corrected chi connectivity index (χ1v) is 9.30. The Hall–Kier alpha value is -2.07. The molecule has 3 nitrogen and oxygen atoms in total. The molecule has 0 bridgehead atoms. The molecule has 4 heteroatoms. The van der Waals surface area contributed by atoms with Crippen LogP contribution in [0.3, 0.4) is 0 Å². The minimum Gasteiger partial charge on any atom is -0.465 e. The Morgan fingerprint density at radius 1 is 1.28 bits per heavy atom. The molecule has 128 valence electrons. The van der Waals surface area contributed by atoms with Crippen molar-refractivity contribution in [1.29, 1.82) is 0 Å². The fraction of sp³-hybridized carbons (Fsp3) is 0.286. The first-order valence-electron chi connectivity index (χ1n) is 8.50. The molecule has 1 N–H and O–H groups in total. The van der Waals surface area contributed by atoms with E-state index >= 15 is 0 Å². The molecule has 4 rings (SSSR count). The van der Waals surface area contributed by atoms with E-state index in [4.69, 9.17) is 4.74 Å². The summed E-state index contributed by atoms with van der Waals surface area (Å²) in [6, 6.07) is 12.6. The van der Waals surface area contributed by atoms with Gasteiger partial charge in [0.05, 0.1) is 18.7 Å². The van der Waals surface area contributed by atoms with E-state index in [1.165, 1.54) is 12.7 Å². The second-order valence-corrected chi connectivity index (χ2v) is 7.66.